The molecule has 4 heterocycles. The van der Waals surface area contributed by atoms with Crippen molar-refractivity contribution in [2.75, 3.05) is 26.3 Å². The van der Waals surface area contributed by atoms with Gasteiger partial charge in [0, 0.05) is 31.3 Å². The summed E-state index contributed by atoms with van der Waals surface area (Å²) in [5.74, 6) is -2.74. The molecule has 2 unspecified atom stereocenters. The minimum Gasteiger partial charge on any atom is -0.475 e. The number of amides is 1. The third-order valence-corrected chi connectivity index (χ3v) is 5.65. The lowest BCUT2D eigenvalue weighted by Gasteiger charge is -2.50. The zero-order valence-corrected chi connectivity index (χ0v) is 17.8. The van der Waals surface area contributed by atoms with Crippen LogP contribution in [0.3, 0.4) is 0 Å². The highest BCUT2D eigenvalue weighted by Gasteiger charge is 2.47. The summed E-state index contributed by atoms with van der Waals surface area (Å²) in [7, 11) is 0. The number of aromatic nitrogens is 1. The highest BCUT2D eigenvalue weighted by Crippen LogP contribution is 2.41. The quantitative estimate of drug-likeness (QED) is 0.713. The van der Waals surface area contributed by atoms with E-state index in [2.05, 4.69) is 4.98 Å². The van der Waals surface area contributed by atoms with E-state index in [1.54, 1.807) is 12.3 Å². The van der Waals surface area contributed by atoms with Gasteiger partial charge in [-0.25, -0.2) is 4.79 Å². The van der Waals surface area contributed by atoms with Gasteiger partial charge >= 0.3 is 12.1 Å². The predicted octanol–water partition coefficient (Wildman–Crippen LogP) is 3.54. The highest BCUT2D eigenvalue weighted by molar-refractivity contribution is 5.93. The van der Waals surface area contributed by atoms with Crippen molar-refractivity contribution < 1.29 is 41.8 Å². The van der Waals surface area contributed by atoms with Crippen molar-refractivity contribution in [2.45, 2.75) is 38.1 Å². The van der Waals surface area contributed by atoms with Crippen LogP contribution in [0.15, 0.2) is 47.4 Å². The number of carboxylic acids is 1. The fourth-order valence-corrected chi connectivity index (χ4v) is 4.09. The van der Waals surface area contributed by atoms with Crippen molar-refractivity contribution in [3.8, 4) is 0 Å². The number of hydrogen-bond donors (Lipinski definition) is 1. The summed E-state index contributed by atoms with van der Waals surface area (Å²) < 4.78 is 48.9. The molecule has 1 amide bonds. The average molecular weight is 470 g/mol. The third-order valence-electron chi connectivity index (χ3n) is 5.65. The number of likely N-dealkylation sites (tertiary alicyclic amines) is 1. The maximum atomic E-state index is 12.7. The summed E-state index contributed by atoms with van der Waals surface area (Å²) in [6.45, 7) is 3.21. The number of ether oxygens (including phenoxy) is 2. The zero-order chi connectivity index (χ0) is 23.9. The molecule has 0 bridgehead atoms. The van der Waals surface area contributed by atoms with E-state index in [0.29, 0.717) is 31.9 Å². The predicted molar refractivity (Wildman–Crippen MR) is 108 cm³/mol. The Labute approximate surface area is 188 Å². The first-order chi connectivity index (χ1) is 15.7. The zero-order valence-electron chi connectivity index (χ0n) is 17.8. The molecule has 33 heavy (non-hydrogen) atoms. The fraction of sp³-hybridized carbons (Fsp3) is 0.500. The number of carbonyl (C=O) groups excluding carboxylic acids is 1. The fourth-order valence-electron chi connectivity index (χ4n) is 4.09. The first-order valence-electron chi connectivity index (χ1n) is 10.4. The molecule has 4 rings (SSSR count). The van der Waals surface area contributed by atoms with E-state index >= 15 is 0 Å². The van der Waals surface area contributed by atoms with Crippen LogP contribution in [0, 0.1) is 5.41 Å². The van der Waals surface area contributed by atoms with E-state index in [9.17, 15) is 18.0 Å². The number of pyridine rings is 1. The van der Waals surface area contributed by atoms with E-state index in [0.717, 1.165) is 31.6 Å². The standard InChI is InChI=1S/C20H24N2O4.C2HF3O2/c23-19(16-6-11-24-12-16)22-9-5-18-20(14-22,7-3-10-26-18)15-25-13-17-4-1-2-8-21-17;3-2(4,5)1(6)7/h1-2,4,6,8,11-12,18H,3,5,7,9-10,13-15H2;(H,6,7). The number of hydrogen-bond acceptors (Lipinski definition) is 6. The number of fused-ring (bicyclic) bond motifs is 1. The lowest BCUT2D eigenvalue weighted by atomic mass is 9.73. The number of carboxylic acid groups (broad SMARTS) is 1. The normalized spacial score (nSPS) is 22.6. The van der Waals surface area contributed by atoms with Gasteiger partial charge in [0.25, 0.3) is 5.91 Å². The van der Waals surface area contributed by atoms with Gasteiger partial charge in [0.15, 0.2) is 0 Å². The molecular formula is C22H25F3N2O6. The molecule has 2 aromatic rings. The van der Waals surface area contributed by atoms with E-state index < -0.39 is 12.1 Å². The van der Waals surface area contributed by atoms with Crippen molar-refractivity contribution in [3.05, 3.63) is 54.2 Å². The summed E-state index contributed by atoms with van der Waals surface area (Å²) in [6, 6.07) is 7.54. The van der Waals surface area contributed by atoms with E-state index in [1.807, 2.05) is 23.1 Å². The van der Waals surface area contributed by atoms with Gasteiger partial charge in [-0.2, -0.15) is 13.2 Å². The maximum Gasteiger partial charge on any atom is 0.490 e. The summed E-state index contributed by atoms with van der Waals surface area (Å²) >= 11 is 0. The van der Waals surface area contributed by atoms with Crippen LogP contribution < -0.4 is 0 Å². The molecule has 1 N–H and O–H groups in total. The van der Waals surface area contributed by atoms with Crippen molar-refractivity contribution in [1.29, 1.82) is 0 Å². The number of nitrogens with zero attached hydrogens (tertiary/aromatic N) is 2. The molecule has 2 fully saturated rings. The Bertz CT molecular complexity index is 907. The molecule has 2 aliphatic rings. The number of aliphatic carboxylic acids is 1. The van der Waals surface area contributed by atoms with Crippen LogP contribution in [0.2, 0.25) is 0 Å². The Balaban J connectivity index is 0.000000383. The van der Waals surface area contributed by atoms with Crippen LogP contribution in [0.25, 0.3) is 0 Å². The molecule has 0 saturated carbocycles. The lowest BCUT2D eigenvalue weighted by molar-refractivity contribution is -0.192. The molecule has 0 aliphatic carbocycles. The molecule has 180 valence electrons. The van der Waals surface area contributed by atoms with Crippen LogP contribution in [-0.4, -0.2) is 65.5 Å². The molecule has 0 spiro atoms. The van der Waals surface area contributed by atoms with Crippen molar-refractivity contribution in [3.63, 3.8) is 0 Å². The topological polar surface area (TPSA) is 102 Å². The molecule has 11 heteroatoms. The van der Waals surface area contributed by atoms with Gasteiger partial charge in [0.2, 0.25) is 0 Å². The van der Waals surface area contributed by atoms with Gasteiger partial charge in [-0.3, -0.25) is 9.78 Å². The SMILES string of the molecule is O=C(O)C(F)(F)F.O=C(c1ccoc1)N1CCC2OCCCC2(COCc2ccccn2)C1. The molecule has 0 radical (unpaired) electrons. The summed E-state index contributed by atoms with van der Waals surface area (Å²) in [5, 5.41) is 7.12. The number of rotatable bonds is 5. The number of furan rings is 1. The molecule has 2 atom stereocenters. The first kappa shape index (κ1) is 24.7. The number of alkyl halides is 3. The Morgan fingerprint density at radius 2 is 2.09 bits per heavy atom. The second-order valence-electron chi connectivity index (χ2n) is 7.97. The Hall–Kier alpha value is -2.92. The molecular weight excluding hydrogens is 445 g/mol. The molecule has 8 nitrogen and oxygen atoms in total. The Morgan fingerprint density at radius 3 is 2.73 bits per heavy atom. The van der Waals surface area contributed by atoms with E-state index in [-0.39, 0.29) is 17.4 Å². The number of piperidine rings is 1. The lowest BCUT2D eigenvalue weighted by Crippen LogP contribution is -2.58. The van der Waals surface area contributed by atoms with E-state index in [4.69, 9.17) is 23.8 Å². The number of halogens is 3. The Morgan fingerprint density at radius 1 is 1.30 bits per heavy atom. The summed E-state index contributed by atoms with van der Waals surface area (Å²) in [4.78, 5) is 27.9. The van der Waals surface area contributed by atoms with Gasteiger partial charge in [-0.05, 0) is 37.5 Å². The Kier molecular flexibility index (Phi) is 8.09. The molecule has 0 aromatic carbocycles. The number of carbonyl (C=O) groups is 2. The smallest absolute Gasteiger partial charge is 0.475 e. The highest BCUT2D eigenvalue weighted by atomic mass is 19.4. The second-order valence-corrected chi connectivity index (χ2v) is 7.97. The molecule has 2 aromatic heterocycles. The maximum absolute atomic E-state index is 12.7. The monoisotopic (exact) mass is 470 g/mol. The summed E-state index contributed by atoms with van der Waals surface area (Å²) in [5.41, 5.74) is 1.37. The third kappa shape index (κ3) is 6.55. The first-order valence-corrected chi connectivity index (χ1v) is 10.4. The minimum atomic E-state index is -5.08. The average Bonchev–Trinajstić information content (AvgIpc) is 3.33. The molecule has 2 saturated heterocycles. The van der Waals surface area contributed by atoms with E-state index in [1.165, 1.54) is 12.5 Å². The van der Waals surface area contributed by atoms with Crippen molar-refractivity contribution >= 4 is 11.9 Å². The molecule has 2 aliphatic heterocycles. The van der Waals surface area contributed by atoms with Crippen molar-refractivity contribution in [1.82, 2.24) is 9.88 Å². The van der Waals surface area contributed by atoms with Gasteiger partial charge < -0.3 is 23.9 Å². The largest absolute Gasteiger partial charge is 0.490 e. The van der Waals surface area contributed by atoms with Gasteiger partial charge in [-0.1, -0.05) is 6.07 Å². The second kappa shape index (κ2) is 10.8. The van der Waals surface area contributed by atoms with Crippen molar-refractivity contribution in [2.24, 2.45) is 5.41 Å². The summed E-state index contributed by atoms with van der Waals surface area (Å²) in [6.07, 6.45) is 2.73. The van der Waals surface area contributed by atoms with Gasteiger partial charge in [-0.15, -0.1) is 0 Å². The van der Waals surface area contributed by atoms with Gasteiger partial charge in [0.1, 0.15) is 6.26 Å². The van der Waals surface area contributed by atoms with Crippen LogP contribution in [0.5, 0.6) is 0 Å². The van der Waals surface area contributed by atoms with Crippen LogP contribution in [0.4, 0.5) is 13.2 Å². The van der Waals surface area contributed by atoms with Crippen LogP contribution >= 0.6 is 0 Å². The van der Waals surface area contributed by atoms with Gasteiger partial charge in [0.05, 0.1) is 36.8 Å². The van der Waals surface area contributed by atoms with Crippen LogP contribution in [0.1, 0.15) is 35.3 Å². The van der Waals surface area contributed by atoms with Crippen LogP contribution in [-0.2, 0) is 20.9 Å². The minimum absolute atomic E-state index is 0.0203.